The Bertz CT molecular complexity index is 662. The Kier molecular flexibility index (Phi) is 5.68. The number of piperidine rings is 2. The van der Waals surface area contributed by atoms with Crippen LogP contribution < -0.4 is 0 Å². The molecule has 26 heavy (non-hydrogen) atoms. The molecule has 2 aliphatic rings. The van der Waals surface area contributed by atoms with Gasteiger partial charge in [0.25, 0.3) is 0 Å². The van der Waals surface area contributed by atoms with Gasteiger partial charge in [-0.3, -0.25) is 9.80 Å². The second kappa shape index (κ2) is 8.33. The average Bonchev–Trinajstić information content (AvgIpc) is 3.24. The molecule has 1 aromatic carbocycles. The van der Waals surface area contributed by atoms with E-state index in [0.717, 1.165) is 38.2 Å². The predicted octanol–water partition coefficient (Wildman–Crippen LogP) is 2.54. The van der Waals surface area contributed by atoms with Crippen molar-refractivity contribution in [3.8, 4) is 5.69 Å². The first-order valence-corrected chi connectivity index (χ1v) is 9.98. The molecular weight excluding hydrogens is 324 g/mol. The minimum atomic E-state index is 0.360. The van der Waals surface area contributed by atoms with Crippen LogP contribution in [0.25, 0.3) is 5.69 Å². The van der Waals surface area contributed by atoms with Crippen molar-refractivity contribution >= 4 is 0 Å². The lowest BCUT2D eigenvalue weighted by Gasteiger charge is -2.42. The molecule has 1 aromatic heterocycles. The SMILES string of the molecule is OCC1CCN([C@H]2CCCN(Cc3ccc(-n4cccn4)cc3)C2)CC1. The van der Waals surface area contributed by atoms with Crippen molar-refractivity contribution in [3.63, 3.8) is 0 Å². The van der Waals surface area contributed by atoms with Crippen molar-refractivity contribution in [2.75, 3.05) is 32.8 Å². The number of rotatable bonds is 5. The average molecular weight is 354 g/mol. The minimum absolute atomic E-state index is 0.360. The van der Waals surface area contributed by atoms with Gasteiger partial charge in [-0.2, -0.15) is 5.10 Å². The van der Waals surface area contributed by atoms with Crippen molar-refractivity contribution in [3.05, 3.63) is 48.3 Å². The molecule has 2 aromatic rings. The largest absolute Gasteiger partial charge is 0.396 e. The second-order valence-corrected chi connectivity index (χ2v) is 7.81. The molecule has 1 atom stereocenters. The van der Waals surface area contributed by atoms with Crippen molar-refractivity contribution in [2.45, 2.75) is 38.3 Å². The first-order valence-electron chi connectivity index (χ1n) is 9.98. The number of benzene rings is 1. The Labute approximate surface area is 156 Å². The summed E-state index contributed by atoms with van der Waals surface area (Å²) < 4.78 is 1.90. The highest BCUT2D eigenvalue weighted by Gasteiger charge is 2.28. The monoisotopic (exact) mass is 354 g/mol. The van der Waals surface area contributed by atoms with Crippen LogP contribution >= 0.6 is 0 Å². The first kappa shape index (κ1) is 17.7. The van der Waals surface area contributed by atoms with Crippen LogP contribution in [0.15, 0.2) is 42.7 Å². The normalized spacial score (nSPS) is 23.3. The molecule has 0 spiro atoms. The van der Waals surface area contributed by atoms with Gasteiger partial charge < -0.3 is 5.11 Å². The fourth-order valence-electron chi connectivity index (χ4n) is 4.41. The lowest BCUT2D eigenvalue weighted by Crippen LogP contribution is -2.50. The summed E-state index contributed by atoms with van der Waals surface area (Å²) in [6, 6.07) is 11.4. The Morgan fingerprint density at radius 3 is 2.54 bits per heavy atom. The number of nitrogens with zero attached hydrogens (tertiary/aromatic N) is 4. The highest BCUT2D eigenvalue weighted by molar-refractivity contribution is 5.33. The summed E-state index contributed by atoms with van der Waals surface area (Å²) in [7, 11) is 0. The molecule has 4 rings (SSSR count). The van der Waals surface area contributed by atoms with Crippen LogP contribution in [0, 0.1) is 5.92 Å². The molecule has 0 aliphatic carbocycles. The highest BCUT2D eigenvalue weighted by Crippen LogP contribution is 2.24. The van der Waals surface area contributed by atoms with Gasteiger partial charge in [0.15, 0.2) is 0 Å². The zero-order valence-electron chi connectivity index (χ0n) is 15.5. The van der Waals surface area contributed by atoms with Crippen LogP contribution in [-0.2, 0) is 6.54 Å². The summed E-state index contributed by atoms with van der Waals surface area (Å²) in [4.78, 5) is 5.27. The maximum atomic E-state index is 9.34. The fraction of sp³-hybridized carbons (Fsp3) is 0.571. The van der Waals surface area contributed by atoms with E-state index in [4.69, 9.17) is 0 Å². The maximum absolute atomic E-state index is 9.34. The third-order valence-corrected chi connectivity index (χ3v) is 6.02. The van der Waals surface area contributed by atoms with Gasteiger partial charge >= 0.3 is 0 Å². The Morgan fingerprint density at radius 1 is 1.04 bits per heavy atom. The van der Waals surface area contributed by atoms with Gasteiger partial charge in [-0.1, -0.05) is 12.1 Å². The third-order valence-electron chi connectivity index (χ3n) is 6.02. The predicted molar refractivity (Wildman–Crippen MR) is 103 cm³/mol. The number of aromatic nitrogens is 2. The van der Waals surface area contributed by atoms with Crippen molar-refractivity contribution in [2.24, 2.45) is 5.92 Å². The van der Waals surface area contributed by atoms with Crippen LogP contribution in [0.3, 0.4) is 0 Å². The summed E-state index contributed by atoms with van der Waals surface area (Å²) in [6.45, 7) is 6.07. The zero-order valence-corrected chi connectivity index (χ0v) is 15.5. The molecule has 2 fully saturated rings. The van der Waals surface area contributed by atoms with E-state index in [1.807, 2.05) is 23.1 Å². The van der Waals surface area contributed by atoms with Crippen molar-refractivity contribution in [1.29, 1.82) is 0 Å². The molecule has 5 heteroatoms. The number of aliphatic hydroxyl groups excluding tert-OH is 1. The van der Waals surface area contributed by atoms with E-state index in [2.05, 4.69) is 39.2 Å². The van der Waals surface area contributed by atoms with E-state index < -0.39 is 0 Å². The van der Waals surface area contributed by atoms with Crippen LogP contribution in [0.5, 0.6) is 0 Å². The lowest BCUT2D eigenvalue weighted by atomic mass is 9.94. The molecule has 0 amide bonds. The van der Waals surface area contributed by atoms with E-state index in [-0.39, 0.29) is 0 Å². The first-order chi connectivity index (χ1) is 12.8. The summed E-state index contributed by atoms with van der Waals surface area (Å²) in [6.07, 6.45) is 8.70. The van der Waals surface area contributed by atoms with E-state index in [1.165, 1.54) is 31.5 Å². The maximum Gasteiger partial charge on any atom is 0.0645 e. The smallest absolute Gasteiger partial charge is 0.0645 e. The second-order valence-electron chi connectivity index (χ2n) is 7.81. The molecule has 140 valence electrons. The Balaban J connectivity index is 1.32. The third kappa shape index (κ3) is 4.17. The van der Waals surface area contributed by atoms with E-state index in [1.54, 1.807) is 0 Å². The van der Waals surface area contributed by atoms with Gasteiger partial charge in [0.05, 0.1) is 5.69 Å². The van der Waals surface area contributed by atoms with E-state index in [0.29, 0.717) is 18.6 Å². The fourth-order valence-corrected chi connectivity index (χ4v) is 4.41. The van der Waals surface area contributed by atoms with E-state index >= 15 is 0 Å². The van der Waals surface area contributed by atoms with Crippen molar-refractivity contribution < 1.29 is 5.11 Å². The van der Waals surface area contributed by atoms with Crippen LogP contribution in [-0.4, -0.2) is 63.5 Å². The molecule has 0 bridgehead atoms. The topological polar surface area (TPSA) is 44.5 Å². The number of hydrogen-bond donors (Lipinski definition) is 1. The summed E-state index contributed by atoms with van der Waals surface area (Å²) in [5, 5.41) is 13.6. The quantitative estimate of drug-likeness (QED) is 0.896. The van der Waals surface area contributed by atoms with Crippen LogP contribution in [0.1, 0.15) is 31.2 Å². The molecule has 0 radical (unpaired) electrons. The van der Waals surface area contributed by atoms with Gasteiger partial charge in [-0.15, -0.1) is 0 Å². The molecule has 1 N–H and O–H groups in total. The Morgan fingerprint density at radius 2 is 1.85 bits per heavy atom. The molecule has 0 saturated carbocycles. The zero-order chi connectivity index (χ0) is 17.8. The Hall–Kier alpha value is -1.69. The molecule has 2 saturated heterocycles. The molecule has 3 heterocycles. The molecule has 0 unspecified atom stereocenters. The molecular formula is C21H30N4O. The molecule has 2 aliphatic heterocycles. The number of hydrogen-bond acceptors (Lipinski definition) is 4. The highest BCUT2D eigenvalue weighted by atomic mass is 16.3. The van der Waals surface area contributed by atoms with E-state index in [9.17, 15) is 5.11 Å². The van der Waals surface area contributed by atoms with Crippen molar-refractivity contribution in [1.82, 2.24) is 19.6 Å². The van der Waals surface area contributed by atoms with Gasteiger partial charge in [0, 0.05) is 38.1 Å². The van der Waals surface area contributed by atoms with Gasteiger partial charge in [-0.05, 0) is 75.0 Å². The number of likely N-dealkylation sites (tertiary alicyclic amines) is 2. The molecule has 5 nitrogen and oxygen atoms in total. The minimum Gasteiger partial charge on any atom is -0.396 e. The summed E-state index contributed by atoms with van der Waals surface area (Å²) >= 11 is 0. The lowest BCUT2D eigenvalue weighted by molar-refractivity contribution is 0.0544. The standard InChI is InChI=1S/C21H30N4O/c26-17-19-8-13-24(14-9-19)21-3-1-11-23(16-21)15-18-4-6-20(7-5-18)25-12-2-10-22-25/h2,4-7,10,12,19,21,26H,1,3,8-9,11,13-17H2/t21-/m0/s1. The van der Waals surface area contributed by atoms with Crippen LogP contribution in [0.2, 0.25) is 0 Å². The summed E-state index contributed by atoms with van der Waals surface area (Å²) in [5.74, 6) is 0.527. The summed E-state index contributed by atoms with van der Waals surface area (Å²) in [5.41, 5.74) is 2.49. The van der Waals surface area contributed by atoms with Gasteiger partial charge in [-0.25, -0.2) is 4.68 Å². The number of aliphatic hydroxyl groups is 1. The van der Waals surface area contributed by atoms with Crippen LogP contribution in [0.4, 0.5) is 0 Å². The van der Waals surface area contributed by atoms with Gasteiger partial charge in [0.1, 0.15) is 0 Å². The van der Waals surface area contributed by atoms with Gasteiger partial charge in [0.2, 0.25) is 0 Å².